The number of primary amides is 1. The van der Waals surface area contributed by atoms with Gasteiger partial charge in [-0.1, -0.05) is 12.1 Å². The number of anilines is 2. The highest BCUT2D eigenvalue weighted by molar-refractivity contribution is 7.92. The monoisotopic (exact) mass is 471 g/mol. The molecule has 3 N–H and O–H groups in total. The molecule has 0 aromatic heterocycles. The molecular weight excluding hydrogens is 449 g/mol. The van der Waals surface area contributed by atoms with Crippen LogP contribution in [0.5, 0.6) is 5.75 Å². The molecule has 0 saturated heterocycles. The van der Waals surface area contributed by atoms with Crippen molar-refractivity contribution in [3.8, 4) is 5.75 Å². The van der Waals surface area contributed by atoms with E-state index in [-0.39, 0.29) is 21.8 Å². The number of benzene rings is 3. The lowest BCUT2D eigenvalue weighted by Gasteiger charge is -2.24. The molecule has 0 unspecified atom stereocenters. The summed E-state index contributed by atoms with van der Waals surface area (Å²) in [6.45, 7) is 1.63. The van der Waals surface area contributed by atoms with Gasteiger partial charge < -0.3 is 15.8 Å². The van der Waals surface area contributed by atoms with Crippen LogP contribution in [0.3, 0.4) is 0 Å². The summed E-state index contributed by atoms with van der Waals surface area (Å²) < 4.78 is 46.3. The van der Waals surface area contributed by atoms with Crippen molar-refractivity contribution >= 4 is 33.2 Å². The van der Waals surface area contributed by atoms with Crippen LogP contribution < -0.4 is 20.1 Å². The Morgan fingerprint density at radius 3 is 2.24 bits per heavy atom. The molecule has 172 valence electrons. The van der Waals surface area contributed by atoms with Crippen LogP contribution in [0.25, 0.3) is 0 Å². The minimum absolute atomic E-state index is 0.0832. The Hall–Kier alpha value is -3.92. The second-order valence-corrected chi connectivity index (χ2v) is 8.71. The average Bonchev–Trinajstić information content (AvgIpc) is 2.79. The van der Waals surface area contributed by atoms with E-state index < -0.39 is 34.2 Å². The zero-order chi connectivity index (χ0) is 24.0. The second-order valence-electron chi connectivity index (χ2n) is 6.85. The fourth-order valence-corrected chi connectivity index (χ4v) is 4.47. The van der Waals surface area contributed by atoms with Crippen LogP contribution in [0.2, 0.25) is 0 Å². The van der Waals surface area contributed by atoms with Gasteiger partial charge in [0.15, 0.2) is 0 Å². The number of sulfonamides is 1. The number of rotatable bonds is 9. The van der Waals surface area contributed by atoms with Gasteiger partial charge in [-0.05, 0) is 67.6 Å². The Balaban J connectivity index is 1.96. The average molecular weight is 472 g/mol. The molecule has 0 fully saturated rings. The van der Waals surface area contributed by atoms with Gasteiger partial charge in [-0.15, -0.1) is 0 Å². The number of ether oxygens (including phenoxy) is 1. The van der Waals surface area contributed by atoms with Crippen LogP contribution in [0, 0.1) is 5.82 Å². The highest BCUT2D eigenvalue weighted by Gasteiger charge is 2.28. The van der Waals surface area contributed by atoms with Crippen LogP contribution >= 0.6 is 0 Å². The van der Waals surface area contributed by atoms with Gasteiger partial charge in [-0.2, -0.15) is 0 Å². The molecule has 0 bridgehead atoms. The van der Waals surface area contributed by atoms with Gasteiger partial charge >= 0.3 is 0 Å². The predicted molar refractivity (Wildman–Crippen MR) is 122 cm³/mol. The molecule has 3 rings (SSSR count). The van der Waals surface area contributed by atoms with Gasteiger partial charge in [0, 0.05) is 0 Å². The number of amides is 2. The number of nitrogens with two attached hydrogens (primary N) is 1. The number of nitrogens with one attached hydrogen (secondary N) is 1. The maximum absolute atomic E-state index is 13.3. The van der Waals surface area contributed by atoms with E-state index in [1.165, 1.54) is 24.3 Å². The molecule has 33 heavy (non-hydrogen) atoms. The number of para-hydroxylation sites is 1. The number of carbonyl (C=O) groups is 2. The van der Waals surface area contributed by atoms with Crippen molar-refractivity contribution in [3.63, 3.8) is 0 Å². The summed E-state index contributed by atoms with van der Waals surface area (Å²) in [5.74, 6) is -1.51. The number of hydrogen-bond acceptors (Lipinski definition) is 5. The van der Waals surface area contributed by atoms with Crippen molar-refractivity contribution < 1.29 is 27.1 Å². The summed E-state index contributed by atoms with van der Waals surface area (Å²) in [4.78, 5) is 24.3. The third kappa shape index (κ3) is 5.66. The largest absolute Gasteiger partial charge is 0.494 e. The molecule has 0 aliphatic carbocycles. The molecule has 3 aromatic rings. The van der Waals surface area contributed by atoms with Crippen molar-refractivity contribution in [2.24, 2.45) is 5.73 Å². The van der Waals surface area contributed by atoms with Crippen LogP contribution in [0.4, 0.5) is 15.8 Å². The molecule has 0 spiro atoms. The molecule has 8 nitrogen and oxygen atoms in total. The van der Waals surface area contributed by atoms with Crippen LogP contribution in [0.1, 0.15) is 17.3 Å². The Morgan fingerprint density at radius 2 is 1.64 bits per heavy atom. The summed E-state index contributed by atoms with van der Waals surface area (Å²) >= 11 is 0. The zero-order valence-electron chi connectivity index (χ0n) is 17.7. The van der Waals surface area contributed by atoms with Crippen molar-refractivity contribution in [3.05, 3.63) is 84.2 Å². The van der Waals surface area contributed by atoms with Crippen molar-refractivity contribution in [1.29, 1.82) is 0 Å². The van der Waals surface area contributed by atoms with Crippen LogP contribution in [0.15, 0.2) is 77.7 Å². The van der Waals surface area contributed by atoms with Gasteiger partial charge in [0.2, 0.25) is 5.91 Å². The molecular formula is C23H22FN3O5S. The molecule has 0 saturated carbocycles. The first-order valence-electron chi connectivity index (χ1n) is 9.92. The van der Waals surface area contributed by atoms with E-state index in [2.05, 4.69) is 5.32 Å². The molecule has 2 amide bonds. The minimum Gasteiger partial charge on any atom is -0.494 e. The number of nitrogens with zero attached hydrogens (tertiary/aromatic N) is 1. The van der Waals surface area contributed by atoms with Crippen molar-refractivity contribution in [2.75, 3.05) is 22.8 Å². The van der Waals surface area contributed by atoms with Gasteiger partial charge in [-0.3, -0.25) is 13.9 Å². The van der Waals surface area contributed by atoms with Gasteiger partial charge in [0.25, 0.3) is 15.9 Å². The van der Waals surface area contributed by atoms with E-state index in [0.29, 0.717) is 12.4 Å². The molecule has 0 aliphatic rings. The fourth-order valence-electron chi connectivity index (χ4n) is 3.05. The lowest BCUT2D eigenvalue weighted by molar-refractivity contribution is -0.114. The molecule has 0 radical (unpaired) electrons. The van der Waals surface area contributed by atoms with E-state index in [4.69, 9.17) is 10.5 Å². The number of carbonyl (C=O) groups excluding carboxylic acids is 2. The summed E-state index contributed by atoms with van der Waals surface area (Å²) in [6.07, 6.45) is 0. The molecule has 0 atom stereocenters. The quantitative estimate of drug-likeness (QED) is 0.497. The Labute approximate surface area is 190 Å². The van der Waals surface area contributed by atoms with Crippen LogP contribution in [-0.2, 0) is 14.8 Å². The summed E-state index contributed by atoms with van der Waals surface area (Å²) in [5, 5.41) is 2.53. The van der Waals surface area contributed by atoms with Gasteiger partial charge in [-0.25, -0.2) is 12.8 Å². The lowest BCUT2D eigenvalue weighted by atomic mass is 10.1. The highest BCUT2D eigenvalue weighted by Crippen LogP contribution is 2.26. The first kappa shape index (κ1) is 23.7. The third-order valence-electron chi connectivity index (χ3n) is 4.59. The van der Waals surface area contributed by atoms with Crippen molar-refractivity contribution in [2.45, 2.75) is 11.8 Å². The Kier molecular flexibility index (Phi) is 7.29. The Morgan fingerprint density at radius 1 is 1.00 bits per heavy atom. The highest BCUT2D eigenvalue weighted by atomic mass is 32.2. The maximum Gasteiger partial charge on any atom is 0.264 e. The standard InChI is InChI=1S/C23H22FN3O5S/c1-2-32-18-11-9-17(10-12-18)27(33(30,31)19-13-7-16(24)8-14-19)15-22(28)26-21-6-4-3-5-20(21)23(25)29/h3-14H,2,15H2,1H3,(H2,25,29)(H,26,28). The minimum atomic E-state index is -4.24. The first-order chi connectivity index (χ1) is 15.7. The zero-order valence-corrected chi connectivity index (χ0v) is 18.5. The molecule has 0 heterocycles. The number of hydrogen-bond donors (Lipinski definition) is 2. The van der Waals surface area contributed by atoms with E-state index in [1.807, 2.05) is 6.92 Å². The normalized spacial score (nSPS) is 11.0. The van der Waals surface area contributed by atoms with Gasteiger partial charge in [0.1, 0.15) is 18.1 Å². The second kappa shape index (κ2) is 10.1. The smallest absolute Gasteiger partial charge is 0.264 e. The topological polar surface area (TPSA) is 119 Å². The molecule has 3 aromatic carbocycles. The number of halogens is 1. The predicted octanol–water partition coefficient (Wildman–Crippen LogP) is 3.16. The van der Waals surface area contributed by atoms with Gasteiger partial charge in [0.05, 0.1) is 28.4 Å². The Bertz CT molecular complexity index is 1250. The van der Waals surface area contributed by atoms with E-state index in [0.717, 1.165) is 28.6 Å². The van der Waals surface area contributed by atoms with E-state index in [9.17, 15) is 22.4 Å². The molecule has 0 aliphatic heterocycles. The lowest BCUT2D eigenvalue weighted by Crippen LogP contribution is -2.38. The third-order valence-corrected chi connectivity index (χ3v) is 6.38. The summed E-state index contributed by atoms with van der Waals surface area (Å²) in [6, 6.07) is 16.5. The summed E-state index contributed by atoms with van der Waals surface area (Å²) in [7, 11) is -4.24. The SMILES string of the molecule is CCOc1ccc(N(CC(=O)Nc2ccccc2C(N)=O)S(=O)(=O)c2ccc(F)cc2)cc1. The summed E-state index contributed by atoms with van der Waals surface area (Å²) in [5.41, 5.74) is 5.77. The van der Waals surface area contributed by atoms with E-state index in [1.54, 1.807) is 24.3 Å². The maximum atomic E-state index is 13.3. The fraction of sp³-hybridized carbons (Fsp3) is 0.130. The van der Waals surface area contributed by atoms with Crippen LogP contribution in [-0.4, -0.2) is 33.4 Å². The first-order valence-corrected chi connectivity index (χ1v) is 11.4. The molecule has 10 heteroatoms. The van der Waals surface area contributed by atoms with E-state index >= 15 is 0 Å². The van der Waals surface area contributed by atoms with Crippen molar-refractivity contribution in [1.82, 2.24) is 0 Å².